The van der Waals surface area contributed by atoms with Crippen LogP contribution in [0.2, 0.25) is 0 Å². The van der Waals surface area contributed by atoms with E-state index >= 15 is 0 Å². The van der Waals surface area contributed by atoms with Crippen LogP contribution in [0.3, 0.4) is 0 Å². The number of carbonyl (C=O) groups excluding carboxylic acids is 1. The van der Waals surface area contributed by atoms with Gasteiger partial charge < -0.3 is 10.3 Å². The molecule has 1 aromatic heterocycles. The van der Waals surface area contributed by atoms with Crippen molar-refractivity contribution >= 4 is 23.2 Å². The Morgan fingerprint density at radius 1 is 1.44 bits per heavy atom. The van der Waals surface area contributed by atoms with Crippen LogP contribution in [-0.4, -0.2) is 21.8 Å². The Kier molecular flexibility index (Phi) is 3.99. The van der Waals surface area contributed by atoms with Gasteiger partial charge in [-0.25, -0.2) is 4.98 Å². The van der Waals surface area contributed by atoms with Gasteiger partial charge in [0.2, 0.25) is 5.91 Å². The molecule has 0 spiro atoms. The van der Waals surface area contributed by atoms with Gasteiger partial charge in [-0.2, -0.15) is 0 Å². The molecule has 0 aliphatic rings. The van der Waals surface area contributed by atoms with Crippen molar-refractivity contribution in [3.63, 3.8) is 0 Å². The maximum atomic E-state index is 11.6. The number of carbonyl (C=O) groups is 1. The number of rotatable bonds is 4. The van der Waals surface area contributed by atoms with Crippen LogP contribution < -0.4 is 5.32 Å². The monoisotopic (exact) mass is 263 g/mol. The molecule has 4 nitrogen and oxygen atoms in total. The summed E-state index contributed by atoms with van der Waals surface area (Å²) in [5, 5.41) is 2.82. The predicted octanol–water partition coefficient (Wildman–Crippen LogP) is 2.89. The Labute approximate surface area is 110 Å². The zero-order chi connectivity index (χ0) is 13.0. The smallest absolute Gasteiger partial charge is 0.228 e. The quantitative estimate of drug-likeness (QED) is 0.834. The molecule has 0 aliphatic carbocycles. The first-order chi connectivity index (χ1) is 8.70. The SMILES string of the molecule is CC(CCl)C(=O)Nc1ccc(-c2cnc[nH]2)cc1. The minimum atomic E-state index is -0.195. The molecule has 0 bridgehead atoms. The first-order valence-corrected chi connectivity index (χ1v) is 6.20. The second kappa shape index (κ2) is 5.69. The van der Waals surface area contributed by atoms with Gasteiger partial charge in [-0.1, -0.05) is 19.1 Å². The molecule has 1 atom stereocenters. The maximum absolute atomic E-state index is 11.6. The summed E-state index contributed by atoms with van der Waals surface area (Å²) in [7, 11) is 0. The molecule has 1 heterocycles. The third-order valence-electron chi connectivity index (χ3n) is 2.64. The minimum Gasteiger partial charge on any atom is -0.345 e. The number of nitrogens with zero attached hydrogens (tertiary/aromatic N) is 1. The number of aromatic nitrogens is 2. The van der Waals surface area contributed by atoms with E-state index in [9.17, 15) is 4.79 Å². The van der Waals surface area contributed by atoms with Gasteiger partial charge in [0.25, 0.3) is 0 Å². The molecule has 18 heavy (non-hydrogen) atoms. The molecule has 1 unspecified atom stereocenters. The number of hydrogen-bond acceptors (Lipinski definition) is 2. The lowest BCUT2D eigenvalue weighted by Gasteiger charge is -2.09. The Bertz CT molecular complexity index is 508. The summed E-state index contributed by atoms with van der Waals surface area (Å²) in [5.41, 5.74) is 2.73. The van der Waals surface area contributed by atoms with Crippen molar-refractivity contribution in [1.29, 1.82) is 0 Å². The average Bonchev–Trinajstić information content (AvgIpc) is 2.92. The van der Waals surface area contributed by atoms with Crippen LogP contribution in [-0.2, 0) is 4.79 Å². The zero-order valence-corrected chi connectivity index (χ0v) is 10.7. The molecule has 0 saturated heterocycles. The fourth-order valence-electron chi connectivity index (χ4n) is 1.48. The van der Waals surface area contributed by atoms with Crippen LogP contribution in [0.5, 0.6) is 0 Å². The van der Waals surface area contributed by atoms with Gasteiger partial charge in [0, 0.05) is 17.5 Å². The molecule has 1 aromatic carbocycles. The molecule has 2 aromatic rings. The molecular weight excluding hydrogens is 250 g/mol. The van der Waals surface area contributed by atoms with Gasteiger partial charge in [-0.3, -0.25) is 4.79 Å². The molecule has 2 rings (SSSR count). The van der Waals surface area contributed by atoms with E-state index in [-0.39, 0.29) is 11.8 Å². The minimum absolute atomic E-state index is 0.0701. The number of alkyl halides is 1. The highest BCUT2D eigenvalue weighted by molar-refractivity contribution is 6.19. The third-order valence-corrected chi connectivity index (χ3v) is 3.10. The molecule has 1 amide bonds. The van der Waals surface area contributed by atoms with E-state index in [1.165, 1.54) is 0 Å². The first-order valence-electron chi connectivity index (χ1n) is 5.66. The molecule has 5 heteroatoms. The lowest BCUT2D eigenvalue weighted by Crippen LogP contribution is -2.21. The number of aromatic amines is 1. The molecule has 0 saturated carbocycles. The number of nitrogens with one attached hydrogen (secondary N) is 2. The van der Waals surface area contributed by atoms with E-state index in [1.54, 1.807) is 19.4 Å². The number of anilines is 1. The van der Waals surface area contributed by atoms with E-state index in [0.717, 1.165) is 16.9 Å². The van der Waals surface area contributed by atoms with Gasteiger partial charge in [0.1, 0.15) is 0 Å². The number of hydrogen-bond donors (Lipinski definition) is 2. The van der Waals surface area contributed by atoms with Crippen molar-refractivity contribution in [1.82, 2.24) is 9.97 Å². The summed E-state index contributed by atoms with van der Waals surface area (Å²) < 4.78 is 0. The maximum Gasteiger partial charge on any atom is 0.228 e. The van der Waals surface area contributed by atoms with Crippen molar-refractivity contribution in [2.45, 2.75) is 6.92 Å². The number of imidazole rings is 1. The molecule has 2 N–H and O–H groups in total. The van der Waals surface area contributed by atoms with Gasteiger partial charge >= 0.3 is 0 Å². The lowest BCUT2D eigenvalue weighted by atomic mass is 10.1. The predicted molar refractivity (Wildman–Crippen MR) is 72.5 cm³/mol. The summed E-state index contributed by atoms with van der Waals surface area (Å²) in [6, 6.07) is 7.56. The average molecular weight is 264 g/mol. The topological polar surface area (TPSA) is 57.8 Å². The molecule has 0 aliphatic heterocycles. The van der Waals surface area contributed by atoms with Crippen LogP contribution in [0.15, 0.2) is 36.8 Å². The lowest BCUT2D eigenvalue weighted by molar-refractivity contribution is -0.118. The summed E-state index contributed by atoms with van der Waals surface area (Å²) in [4.78, 5) is 18.6. The van der Waals surface area contributed by atoms with Crippen LogP contribution in [0.1, 0.15) is 6.92 Å². The van der Waals surface area contributed by atoms with Crippen LogP contribution in [0.25, 0.3) is 11.3 Å². The number of halogens is 1. The number of H-pyrrole nitrogens is 1. The number of amides is 1. The standard InChI is InChI=1S/C13H14ClN3O/c1-9(6-14)13(18)17-11-4-2-10(3-5-11)12-7-15-8-16-12/h2-5,7-9H,6H2,1H3,(H,15,16)(H,17,18). The van der Waals surface area contributed by atoms with Crippen molar-refractivity contribution in [2.75, 3.05) is 11.2 Å². The fourth-order valence-corrected chi connectivity index (χ4v) is 1.62. The van der Waals surface area contributed by atoms with E-state index in [1.807, 2.05) is 24.3 Å². The van der Waals surface area contributed by atoms with E-state index in [0.29, 0.717) is 5.88 Å². The highest BCUT2D eigenvalue weighted by atomic mass is 35.5. The molecule has 94 valence electrons. The van der Waals surface area contributed by atoms with Crippen molar-refractivity contribution in [3.05, 3.63) is 36.8 Å². The van der Waals surface area contributed by atoms with Crippen molar-refractivity contribution in [3.8, 4) is 11.3 Å². The van der Waals surface area contributed by atoms with Crippen LogP contribution in [0, 0.1) is 5.92 Å². The summed E-state index contributed by atoms with van der Waals surface area (Å²) in [6.45, 7) is 1.79. The summed E-state index contributed by atoms with van der Waals surface area (Å²) in [5.74, 6) is 0.0520. The fraction of sp³-hybridized carbons (Fsp3) is 0.231. The van der Waals surface area contributed by atoms with Gasteiger partial charge in [0.15, 0.2) is 0 Å². The Morgan fingerprint density at radius 2 is 2.17 bits per heavy atom. The third kappa shape index (κ3) is 2.90. The van der Waals surface area contributed by atoms with Crippen LogP contribution >= 0.6 is 11.6 Å². The largest absolute Gasteiger partial charge is 0.345 e. The van der Waals surface area contributed by atoms with Gasteiger partial charge in [-0.15, -0.1) is 11.6 Å². The van der Waals surface area contributed by atoms with E-state index in [4.69, 9.17) is 11.6 Å². The van der Waals surface area contributed by atoms with E-state index in [2.05, 4.69) is 15.3 Å². The normalized spacial score (nSPS) is 12.1. The molecule has 0 radical (unpaired) electrons. The molecule has 0 fully saturated rings. The van der Waals surface area contributed by atoms with Crippen molar-refractivity contribution < 1.29 is 4.79 Å². The van der Waals surface area contributed by atoms with Gasteiger partial charge in [0.05, 0.1) is 18.2 Å². The summed E-state index contributed by atoms with van der Waals surface area (Å²) >= 11 is 5.63. The Balaban J connectivity index is 2.06. The summed E-state index contributed by atoms with van der Waals surface area (Å²) in [6.07, 6.45) is 3.39. The highest BCUT2D eigenvalue weighted by Crippen LogP contribution is 2.19. The first kappa shape index (κ1) is 12.6. The van der Waals surface area contributed by atoms with E-state index < -0.39 is 0 Å². The second-order valence-corrected chi connectivity index (χ2v) is 4.40. The highest BCUT2D eigenvalue weighted by Gasteiger charge is 2.11. The second-order valence-electron chi connectivity index (χ2n) is 4.09. The molecular formula is C13H14ClN3O. The van der Waals surface area contributed by atoms with Crippen molar-refractivity contribution in [2.24, 2.45) is 5.92 Å². The van der Waals surface area contributed by atoms with Crippen LogP contribution in [0.4, 0.5) is 5.69 Å². The Hall–Kier alpha value is -1.81. The van der Waals surface area contributed by atoms with Gasteiger partial charge in [-0.05, 0) is 17.7 Å². The Morgan fingerprint density at radius 3 is 2.72 bits per heavy atom. The zero-order valence-electron chi connectivity index (χ0n) is 9.98. The number of benzene rings is 1.